The molecular formula is C20H26N2O2. The largest absolute Gasteiger partial charge is 0.332 e. The van der Waals surface area contributed by atoms with Crippen LogP contribution in [0.4, 0.5) is 0 Å². The van der Waals surface area contributed by atoms with Gasteiger partial charge in [0, 0.05) is 12.2 Å². The highest BCUT2D eigenvalue weighted by atomic mass is 16.2. The van der Waals surface area contributed by atoms with Crippen molar-refractivity contribution in [1.29, 1.82) is 0 Å². The summed E-state index contributed by atoms with van der Waals surface area (Å²) in [6.07, 6.45) is 11.3. The Morgan fingerprint density at radius 1 is 1.21 bits per heavy atom. The van der Waals surface area contributed by atoms with E-state index in [4.69, 9.17) is 0 Å². The molecule has 0 bridgehead atoms. The standard InChI is InChI=1S/C20H26N2O2/c1-3-10-20(11-4-2)12-13-22(20)19(24)16-14-15-8-6-5-7-9-17(15)21-18(16)23/h3-4,14H,1-2,5-13H2,(H,21,23). The molecule has 1 aliphatic carbocycles. The Bertz CT molecular complexity index is 707. The van der Waals surface area contributed by atoms with Gasteiger partial charge in [-0.15, -0.1) is 13.2 Å². The molecule has 0 aromatic carbocycles. The lowest BCUT2D eigenvalue weighted by molar-refractivity contribution is -0.000189. The maximum atomic E-state index is 13.0. The van der Waals surface area contributed by atoms with Crippen molar-refractivity contribution in [2.24, 2.45) is 0 Å². The van der Waals surface area contributed by atoms with Crippen molar-refractivity contribution in [3.8, 4) is 0 Å². The van der Waals surface area contributed by atoms with Crippen molar-refractivity contribution in [2.45, 2.75) is 56.9 Å². The summed E-state index contributed by atoms with van der Waals surface area (Å²) < 4.78 is 0. The minimum absolute atomic E-state index is 0.154. The first kappa shape index (κ1) is 16.7. The van der Waals surface area contributed by atoms with E-state index in [0.29, 0.717) is 6.54 Å². The highest BCUT2D eigenvalue weighted by molar-refractivity contribution is 5.95. The third-order valence-electron chi connectivity index (χ3n) is 5.49. The fraction of sp³-hybridized carbons (Fsp3) is 0.500. The number of aromatic amines is 1. The van der Waals surface area contributed by atoms with E-state index in [9.17, 15) is 9.59 Å². The van der Waals surface area contributed by atoms with E-state index in [0.717, 1.165) is 56.2 Å². The third kappa shape index (κ3) is 2.85. The minimum atomic E-state index is -0.251. The van der Waals surface area contributed by atoms with Gasteiger partial charge in [-0.05, 0) is 56.6 Å². The predicted molar refractivity (Wildman–Crippen MR) is 96.3 cm³/mol. The number of pyridine rings is 1. The van der Waals surface area contributed by atoms with Gasteiger partial charge in [-0.3, -0.25) is 9.59 Å². The number of aromatic nitrogens is 1. The average Bonchev–Trinajstić information content (AvgIpc) is 2.77. The lowest BCUT2D eigenvalue weighted by Gasteiger charge is -2.52. The summed E-state index contributed by atoms with van der Waals surface area (Å²) in [7, 11) is 0. The van der Waals surface area contributed by atoms with E-state index < -0.39 is 0 Å². The maximum absolute atomic E-state index is 13.0. The molecule has 0 spiro atoms. The molecule has 24 heavy (non-hydrogen) atoms. The average molecular weight is 326 g/mol. The first-order chi connectivity index (χ1) is 11.6. The Balaban J connectivity index is 1.92. The van der Waals surface area contributed by atoms with Gasteiger partial charge in [0.1, 0.15) is 5.56 Å². The van der Waals surface area contributed by atoms with Gasteiger partial charge in [-0.2, -0.15) is 0 Å². The summed E-state index contributed by atoms with van der Waals surface area (Å²) in [4.78, 5) is 30.3. The zero-order valence-corrected chi connectivity index (χ0v) is 14.3. The van der Waals surface area contributed by atoms with Crippen LogP contribution in [0.5, 0.6) is 0 Å². The fourth-order valence-corrected chi connectivity index (χ4v) is 4.06. The molecule has 3 rings (SSSR count). The van der Waals surface area contributed by atoms with Crippen molar-refractivity contribution >= 4 is 5.91 Å². The summed E-state index contributed by atoms with van der Waals surface area (Å²) in [6.45, 7) is 8.34. The molecule has 1 saturated heterocycles. The number of aryl methyl sites for hydroxylation is 2. The molecule has 4 heteroatoms. The van der Waals surface area contributed by atoms with Crippen molar-refractivity contribution in [3.63, 3.8) is 0 Å². The summed E-state index contributed by atoms with van der Waals surface area (Å²) in [5.74, 6) is -0.154. The second-order valence-corrected chi connectivity index (χ2v) is 6.99. The van der Waals surface area contributed by atoms with E-state index >= 15 is 0 Å². The first-order valence-electron chi connectivity index (χ1n) is 8.90. The molecule has 128 valence electrons. The van der Waals surface area contributed by atoms with Crippen LogP contribution in [0.3, 0.4) is 0 Å². The van der Waals surface area contributed by atoms with Gasteiger partial charge in [0.05, 0.1) is 5.54 Å². The molecule has 2 aliphatic rings. The molecule has 0 radical (unpaired) electrons. The van der Waals surface area contributed by atoms with Crippen molar-refractivity contribution in [3.05, 3.63) is 58.6 Å². The quantitative estimate of drug-likeness (QED) is 0.666. The van der Waals surface area contributed by atoms with Crippen LogP contribution >= 0.6 is 0 Å². The van der Waals surface area contributed by atoms with Crippen molar-refractivity contribution < 1.29 is 4.79 Å². The molecule has 1 fully saturated rings. The molecule has 0 unspecified atom stereocenters. The minimum Gasteiger partial charge on any atom is -0.332 e. The maximum Gasteiger partial charge on any atom is 0.261 e. The van der Waals surface area contributed by atoms with Crippen LogP contribution in [0.25, 0.3) is 0 Å². The zero-order chi connectivity index (χ0) is 17.2. The monoisotopic (exact) mass is 326 g/mol. The Morgan fingerprint density at radius 3 is 2.54 bits per heavy atom. The highest BCUT2D eigenvalue weighted by Crippen LogP contribution is 2.38. The number of likely N-dealkylation sites (tertiary alicyclic amines) is 1. The Hall–Kier alpha value is -2.10. The van der Waals surface area contributed by atoms with Gasteiger partial charge in [-0.1, -0.05) is 18.6 Å². The topological polar surface area (TPSA) is 53.2 Å². The molecule has 1 aromatic rings. The summed E-state index contributed by atoms with van der Waals surface area (Å²) >= 11 is 0. The number of H-pyrrole nitrogens is 1. The number of rotatable bonds is 5. The second kappa shape index (κ2) is 6.80. The van der Waals surface area contributed by atoms with E-state index in [1.165, 1.54) is 6.42 Å². The zero-order valence-electron chi connectivity index (χ0n) is 14.3. The van der Waals surface area contributed by atoms with Crippen LogP contribution in [0.2, 0.25) is 0 Å². The predicted octanol–water partition coefficient (Wildman–Crippen LogP) is 3.38. The van der Waals surface area contributed by atoms with E-state index in [-0.39, 0.29) is 22.6 Å². The number of carbonyl (C=O) groups is 1. The van der Waals surface area contributed by atoms with E-state index in [2.05, 4.69) is 18.1 Å². The van der Waals surface area contributed by atoms with Crippen molar-refractivity contribution in [1.82, 2.24) is 9.88 Å². The van der Waals surface area contributed by atoms with Gasteiger partial charge in [0.25, 0.3) is 11.5 Å². The number of hydrogen-bond acceptors (Lipinski definition) is 2. The molecule has 1 aromatic heterocycles. The first-order valence-corrected chi connectivity index (χ1v) is 8.90. The van der Waals surface area contributed by atoms with Gasteiger partial charge in [0.2, 0.25) is 0 Å². The van der Waals surface area contributed by atoms with Crippen LogP contribution in [0.15, 0.2) is 36.2 Å². The summed E-state index contributed by atoms with van der Waals surface area (Å²) in [5, 5.41) is 0. The molecule has 0 atom stereocenters. The molecular weight excluding hydrogens is 300 g/mol. The third-order valence-corrected chi connectivity index (χ3v) is 5.49. The highest BCUT2D eigenvalue weighted by Gasteiger charge is 2.46. The van der Waals surface area contributed by atoms with E-state index in [1.807, 2.05) is 23.1 Å². The fourth-order valence-electron chi connectivity index (χ4n) is 4.06. The number of nitrogens with one attached hydrogen (secondary N) is 1. The van der Waals surface area contributed by atoms with Crippen LogP contribution in [-0.4, -0.2) is 27.9 Å². The van der Waals surface area contributed by atoms with Gasteiger partial charge < -0.3 is 9.88 Å². The number of amides is 1. The summed E-state index contributed by atoms with van der Waals surface area (Å²) in [6, 6.07) is 1.84. The molecule has 1 N–H and O–H groups in total. The SMILES string of the molecule is C=CCC1(CC=C)CCN1C(=O)c1cc2c([nH]c1=O)CCCCC2. The normalized spacial score (nSPS) is 18.9. The van der Waals surface area contributed by atoms with E-state index in [1.54, 1.807) is 0 Å². The lowest BCUT2D eigenvalue weighted by Crippen LogP contribution is -2.62. The molecule has 2 heterocycles. The molecule has 1 aliphatic heterocycles. The van der Waals surface area contributed by atoms with Gasteiger partial charge >= 0.3 is 0 Å². The Labute approximate surface area is 143 Å². The Kier molecular flexibility index (Phi) is 4.74. The number of nitrogens with zero attached hydrogens (tertiary/aromatic N) is 1. The summed E-state index contributed by atoms with van der Waals surface area (Å²) in [5.41, 5.74) is 1.93. The lowest BCUT2D eigenvalue weighted by atomic mass is 9.78. The Morgan fingerprint density at radius 2 is 1.92 bits per heavy atom. The number of fused-ring (bicyclic) bond motifs is 1. The molecule has 1 amide bonds. The smallest absolute Gasteiger partial charge is 0.261 e. The van der Waals surface area contributed by atoms with Gasteiger partial charge in [-0.25, -0.2) is 0 Å². The molecule has 0 saturated carbocycles. The second-order valence-electron chi connectivity index (χ2n) is 6.99. The number of hydrogen-bond donors (Lipinski definition) is 1. The van der Waals surface area contributed by atoms with Crippen molar-refractivity contribution in [2.75, 3.05) is 6.54 Å². The number of carbonyl (C=O) groups excluding carboxylic acids is 1. The van der Waals surface area contributed by atoms with Crippen LogP contribution in [0.1, 0.15) is 60.1 Å². The van der Waals surface area contributed by atoms with Crippen LogP contribution in [0, 0.1) is 0 Å². The van der Waals surface area contributed by atoms with Crippen LogP contribution in [-0.2, 0) is 12.8 Å². The van der Waals surface area contributed by atoms with Gasteiger partial charge in [0.15, 0.2) is 0 Å². The molecule has 4 nitrogen and oxygen atoms in total. The van der Waals surface area contributed by atoms with Crippen LogP contribution < -0.4 is 5.56 Å².